The van der Waals surface area contributed by atoms with Gasteiger partial charge in [0.15, 0.2) is 5.13 Å². The molecule has 3 rings (SSSR count). The Bertz CT molecular complexity index is 687. The third kappa shape index (κ3) is 2.60. The Labute approximate surface area is 122 Å². The lowest BCUT2D eigenvalue weighted by molar-refractivity contribution is 0.828. The summed E-state index contributed by atoms with van der Waals surface area (Å²) in [4.78, 5) is 6.99. The molecular formula is C16H17N3S. The zero-order valence-electron chi connectivity index (χ0n) is 11.4. The van der Waals surface area contributed by atoms with Gasteiger partial charge in [0.2, 0.25) is 0 Å². The summed E-state index contributed by atoms with van der Waals surface area (Å²) in [5.41, 5.74) is 8.93. The van der Waals surface area contributed by atoms with E-state index in [1.165, 1.54) is 10.3 Å². The van der Waals surface area contributed by atoms with E-state index in [-0.39, 0.29) is 0 Å². The Hall–Kier alpha value is -2.07. The van der Waals surface area contributed by atoms with Gasteiger partial charge in [0.25, 0.3) is 0 Å². The van der Waals surface area contributed by atoms with E-state index in [4.69, 9.17) is 10.7 Å². The minimum absolute atomic E-state index is 0.808. The van der Waals surface area contributed by atoms with Crippen molar-refractivity contribution in [2.75, 3.05) is 17.2 Å². The fraction of sp³-hybridized carbons (Fsp3) is 0.188. The predicted octanol–water partition coefficient (Wildman–Crippen LogP) is 3.91. The van der Waals surface area contributed by atoms with Gasteiger partial charge in [-0.3, -0.25) is 0 Å². The Morgan fingerprint density at radius 3 is 2.75 bits per heavy atom. The normalized spacial score (nSPS) is 10.8. The van der Waals surface area contributed by atoms with Gasteiger partial charge in [-0.25, -0.2) is 4.98 Å². The van der Waals surface area contributed by atoms with Gasteiger partial charge >= 0.3 is 0 Å². The quantitative estimate of drug-likeness (QED) is 0.738. The molecule has 0 atom stereocenters. The van der Waals surface area contributed by atoms with Crippen LogP contribution in [0.4, 0.5) is 10.8 Å². The van der Waals surface area contributed by atoms with Gasteiger partial charge in [0, 0.05) is 18.8 Å². The third-order valence-electron chi connectivity index (χ3n) is 3.26. The first kappa shape index (κ1) is 12.9. The van der Waals surface area contributed by atoms with E-state index < -0.39 is 0 Å². The molecule has 20 heavy (non-hydrogen) atoms. The van der Waals surface area contributed by atoms with E-state index in [9.17, 15) is 0 Å². The Morgan fingerprint density at radius 2 is 2.00 bits per heavy atom. The van der Waals surface area contributed by atoms with Crippen LogP contribution < -0.4 is 10.6 Å². The number of benzene rings is 2. The van der Waals surface area contributed by atoms with Gasteiger partial charge < -0.3 is 10.6 Å². The van der Waals surface area contributed by atoms with Gasteiger partial charge in [-0.2, -0.15) is 0 Å². The van der Waals surface area contributed by atoms with Crippen molar-refractivity contribution in [3.8, 4) is 0 Å². The summed E-state index contributed by atoms with van der Waals surface area (Å²) in [5.74, 6) is 0. The Kier molecular flexibility index (Phi) is 3.56. The first-order valence-electron chi connectivity index (χ1n) is 6.71. The summed E-state index contributed by atoms with van der Waals surface area (Å²) < 4.78 is 1.23. The van der Waals surface area contributed by atoms with Crippen molar-refractivity contribution < 1.29 is 0 Å². The lowest BCUT2D eigenvalue weighted by Gasteiger charge is -2.19. The second kappa shape index (κ2) is 5.51. The molecule has 0 saturated heterocycles. The minimum Gasteiger partial charge on any atom is -0.399 e. The van der Waals surface area contributed by atoms with Gasteiger partial charge in [0.1, 0.15) is 0 Å². The molecule has 0 bridgehead atoms. The summed E-state index contributed by atoms with van der Waals surface area (Å²) in [6, 6.07) is 16.3. The van der Waals surface area contributed by atoms with Crippen LogP contribution in [0.1, 0.15) is 12.5 Å². The molecule has 0 unspecified atom stereocenters. The lowest BCUT2D eigenvalue weighted by atomic mass is 10.2. The molecule has 0 aliphatic heterocycles. The zero-order valence-corrected chi connectivity index (χ0v) is 12.2. The van der Waals surface area contributed by atoms with Crippen LogP contribution in [0.2, 0.25) is 0 Å². The molecule has 0 aliphatic carbocycles. The van der Waals surface area contributed by atoms with E-state index in [0.717, 1.165) is 29.4 Å². The first-order valence-corrected chi connectivity index (χ1v) is 7.53. The van der Waals surface area contributed by atoms with E-state index in [0.29, 0.717) is 0 Å². The van der Waals surface area contributed by atoms with Crippen molar-refractivity contribution in [1.29, 1.82) is 0 Å². The second-order valence-corrected chi connectivity index (χ2v) is 5.73. The molecule has 3 nitrogen and oxygen atoms in total. The standard InChI is InChI=1S/C16H17N3S/c1-2-19(11-12-6-5-7-13(17)10-12)16-18-14-8-3-4-9-15(14)20-16/h3-10H,2,11,17H2,1H3. The highest BCUT2D eigenvalue weighted by molar-refractivity contribution is 7.22. The number of anilines is 2. The highest BCUT2D eigenvalue weighted by atomic mass is 32.1. The number of thiazole rings is 1. The molecule has 0 spiro atoms. The van der Waals surface area contributed by atoms with E-state index in [1.54, 1.807) is 11.3 Å². The summed E-state index contributed by atoms with van der Waals surface area (Å²) in [6.45, 7) is 3.91. The van der Waals surface area contributed by atoms with Crippen LogP contribution in [0.25, 0.3) is 10.2 Å². The lowest BCUT2D eigenvalue weighted by Crippen LogP contribution is -2.21. The van der Waals surface area contributed by atoms with Crippen LogP contribution in [0.5, 0.6) is 0 Å². The Morgan fingerprint density at radius 1 is 1.15 bits per heavy atom. The average Bonchev–Trinajstić information content (AvgIpc) is 2.88. The fourth-order valence-electron chi connectivity index (χ4n) is 2.22. The molecule has 102 valence electrons. The van der Waals surface area contributed by atoms with Crippen molar-refractivity contribution in [1.82, 2.24) is 4.98 Å². The monoisotopic (exact) mass is 283 g/mol. The van der Waals surface area contributed by atoms with Crippen molar-refractivity contribution in [2.45, 2.75) is 13.5 Å². The van der Waals surface area contributed by atoms with E-state index in [1.807, 2.05) is 24.3 Å². The molecule has 0 fully saturated rings. The number of hydrogen-bond donors (Lipinski definition) is 1. The van der Waals surface area contributed by atoms with Crippen molar-refractivity contribution in [2.24, 2.45) is 0 Å². The maximum Gasteiger partial charge on any atom is 0.186 e. The van der Waals surface area contributed by atoms with Crippen LogP contribution in [-0.2, 0) is 6.54 Å². The average molecular weight is 283 g/mol. The van der Waals surface area contributed by atoms with Crippen molar-refractivity contribution in [3.63, 3.8) is 0 Å². The molecule has 0 saturated carbocycles. The van der Waals surface area contributed by atoms with Crippen LogP contribution in [0.15, 0.2) is 48.5 Å². The molecular weight excluding hydrogens is 266 g/mol. The van der Waals surface area contributed by atoms with Gasteiger partial charge in [-0.1, -0.05) is 35.6 Å². The van der Waals surface area contributed by atoms with Crippen molar-refractivity contribution >= 4 is 32.4 Å². The maximum absolute atomic E-state index is 5.84. The number of rotatable bonds is 4. The summed E-state index contributed by atoms with van der Waals surface area (Å²) >= 11 is 1.74. The Balaban J connectivity index is 1.89. The molecule has 2 N–H and O–H groups in total. The van der Waals surface area contributed by atoms with Crippen molar-refractivity contribution in [3.05, 3.63) is 54.1 Å². The number of nitrogens with two attached hydrogens (primary N) is 1. The summed E-state index contributed by atoms with van der Waals surface area (Å²) in [6.07, 6.45) is 0. The summed E-state index contributed by atoms with van der Waals surface area (Å²) in [5, 5.41) is 1.07. The maximum atomic E-state index is 5.84. The molecule has 2 aromatic carbocycles. The number of fused-ring (bicyclic) bond motifs is 1. The third-order valence-corrected chi connectivity index (χ3v) is 4.36. The van der Waals surface area contributed by atoms with Gasteiger partial charge in [0.05, 0.1) is 10.2 Å². The van der Waals surface area contributed by atoms with Crippen LogP contribution in [0.3, 0.4) is 0 Å². The molecule has 1 aromatic heterocycles. The van der Waals surface area contributed by atoms with Crippen LogP contribution in [-0.4, -0.2) is 11.5 Å². The first-order chi connectivity index (χ1) is 9.76. The second-order valence-electron chi connectivity index (χ2n) is 4.72. The van der Waals surface area contributed by atoms with Gasteiger partial charge in [-0.15, -0.1) is 0 Å². The van der Waals surface area contributed by atoms with Crippen LogP contribution >= 0.6 is 11.3 Å². The largest absolute Gasteiger partial charge is 0.399 e. The topological polar surface area (TPSA) is 42.1 Å². The molecule has 0 amide bonds. The molecule has 3 aromatic rings. The molecule has 1 heterocycles. The van der Waals surface area contributed by atoms with E-state index >= 15 is 0 Å². The number of nitrogen functional groups attached to an aromatic ring is 1. The number of hydrogen-bond acceptors (Lipinski definition) is 4. The fourth-order valence-corrected chi connectivity index (χ4v) is 3.25. The molecule has 0 radical (unpaired) electrons. The molecule has 0 aliphatic rings. The number of para-hydroxylation sites is 1. The van der Waals surface area contributed by atoms with Gasteiger partial charge in [-0.05, 0) is 36.8 Å². The molecule has 4 heteroatoms. The number of aromatic nitrogens is 1. The zero-order chi connectivity index (χ0) is 13.9. The van der Waals surface area contributed by atoms with Crippen LogP contribution in [0, 0.1) is 0 Å². The minimum atomic E-state index is 0.808. The number of nitrogens with zero attached hydrogens (tertiary/aromatic N) is 2. The SMILES string of the molecule is CCN(Cc1cccc(N)c1)c1nc2ccccc2s1. The highest BCUT2D eigenvalue weighted by Gasteiger charge is 2.11. The predicted molar refractivity (Wildman–Crippen MR) is 87.2 cm³/mol. The highest BCUT2D eigenvalue weighted by Crippen LogP contribution is 2.29. The smallest absolute Gasteiger partial charge is 0.186 e. The summed E-state index contributed by atoms with van der Waals surface area (Å²) in [7, 11) is 0. The van der Waals surface area contributed by atoms with E-state index in [2.05, 4.69) is 36.1 Å².